The molecular weight excluding hydrogens is 1340 g/mol. The topological polar surface area (TPSA) is 252 Å². The van der Waals surface area contributed by atoms with Crippen molar-refractivity contribution in [1.82, 2.24) is 0 Å². The van der Waals surface area contributed by atoms with Crippen molar-refractivity contribution >= 4 is 56.0 Å². The monoisotopic (exact) mass is 1380 g/mol. The van der Waals surface area contributed by atoms with Gasteiger partial charge >= 0.3 is 23.9 Å². The van der Waals surface area contributed by atoms with E-state index in [1.807, 2.05) is 72.8 Å². The maximum absolute atomic E-state index is 13.6. The van der Waals surface area contributed by atoms with Crippen LogP contribution in [0.25, 0.3) is 86.2 Å². The van der Waals surface area contributed by atoms with Gasteiger partial charge in [-0.3, -0.25) is 0 Å². The third-order valence-electron chi connectivity index (χ3n) is 17.8. The molecule has 0 saturated heterocycles. The Morgan fingerprint density at radius 3 is 0.733 bits per heavy atom. The van der Waals surface area contributed by atoms with Crippen LogP contribution in [-0.2, 0) is 9.84 Å². The molecule has 0 spiro atoms. The molecule has 0 unspecified atom stereocenters. The number of hydrogen-bond acceptors (Lipinski definition) is 14. The van der Waals surface area contributed by atoms with E-state index < -0.39 is 33.7 Å². The van der Waals surface area contributed by atoms with Gasteiger partial charge in [0, 0.05) is 50.6 Å². The number of carbonyl (C=O) groups excluding carboxylic acids is 4. The Bertz CT molecular complexity index is 5930. The number of fused-ring (bicyclic) bond motifs is 12. The minimum Gasteiger partial charge on any atom is -0.423 e. The van der Waals surface area contributed by atoms with Crippen molar-refractivity contribution < 1.29 is 46.5 Å². The van der Waals surface area contributed by atoms with Crippen LogP contribution in [0.4, 0.5) is 0 Å². The van der Waals surface area contributed by atoms with Gasteiger partial charge in [0.15, 0.2) is 0 Å². The van der Waals surface area contributed by atoms with Gasteiger partial charge in [-0.1, -0.05) is 152 Å². The molecule has 0 aromatic heterocycles. The molecule has 0 heterocycles. The first-order valence-corrected chi connectivity index (χ1v) is 33.1. The summed E-state index contributed by atoms with van der Waals surface area (Å²) in [4.78, 5) is 67.8. The first-order chi connectivity index (χ1) is 51.2. The van der Waals surface area contributed by atoms with E-state index in [1.165, 1.54) is 54.6 Å². The second-order valence-electron chi connectivity index (χ2n) is 23.4. The molecule has 105 heavy (non-hydrogen) atoms. The van der Waals surface area contributed by atoms with E-state index in [0.717, 1.165) is 0 Å². The second kappa shape index (κ2) is 27.4. The molecule has 0 atom stereocenters. The van der Waals surface area contributed by atoms with Crippen molar-refractivity contribution in [3.05, 3.63) is 378 Å². The Balaban J connectivity index is 0.000000179. The van der Waals surface area contributed by atoms with Gasteiger partial charge in [0.2, 0.25) is 9.84 Å². The van der Waals surface area contributed by atoms with Crippen LogP contribution in [0.3, 0.4) is 0 Å². The van der Waals surface area contributed by atoms with Crippen LogP contribution in [0.15, 0.2) is 275 Å². The molecule has 0 saturated carbocycles. The summed E-state index contributed by atoms with van der Waals surface area (Å²) in [5, 5.41) is 38.6. The van der Waals surface area contributed by atoms with Crippen molar-refractivity contribution in [3.8, 4) is 91.8 Å². The van der Waals surface area contributed by atoms with Crippen molar-refractivity contribution in [2.45, 2.75) is 9.79 Å². The summed E-state index contributed by atoms with van der Waals surface area (Å²) in [6.07, 6.45) is 0. The normalized spacial score (nSPS) is 13.6. The minimum atomic E-state index is -4.05. The van der Waals surface area contributed by atoms with Gasteiger partial charge in [-0.25, -0.2) is 68.0 Å². The number of benzene rings is 11. The number of carbonyl (C=O) groups is 4. The van der Waals surface area contributed by atoms with Crippen molar-refractivity contribution in [2.75, 3.05) is 0 Å². The molecule has 4 aliphatic rings. The van der Waals surface area contributed by atoms with Crippen LogP contribution in [0, 0.1) is 71.6 Å². The molecule has 0 amide bonds. The standard InChI is InChI=1S/C46H22N4O6S.C40H18N4O4/c1-49-39(25-47)43-33-11-5-3-9-31(33)41-35(43)13-7-15-37(41)45(51)55-27-17-21-29(22-18-27)57(53,54)30-23-19-28(20-24-30)56-46(52)38-16-8-14-36-42(38)32-10-4-6-12-34(32)44(36)40(26-48)50-2;1-43-33(21-41)37-27-14-5-3-12-25(27)35-29(37)16-8-18-31(35)39(45)47-23-10-7-11-24(20-23)48-40(46)32-19-9-17-30-36(32)26-13-4-6-15-28(26)38(30)34(22-42)44-2/h3-24H;3-20H/b43-39-,44-40+;37-33-,38-34+. The lowest BCUT2D eigenvalue weighted by Gasteiger charge is -2.12. The lowest BCUT2D eigenvalue weighted by Crippen LogP contribution is -2.12. The van der Waals surface area contributed by atoms with Gasteiger partial charge in [0.25, 0.3) is 22.8 Å². The predicted octanol–water partition coefficient (Wildman–Crippen LogP) is 17.8. The van der Waals surface area contributed by atoms with Gasteiger partial charge in [-0.2, -0.15) is 0 Å². The van der Waals surface area contributed by atoms with Crippen LogP contribution >= 0.6 is 0 Å². The van der Waals surface area contributed by atoms with E-state index in [1.54, 1.807) is 140 Å². The molecular formula is C86H40N8O10S. The Kier molecular flexibility index (Phi) is 17.3. The summed E-state index contributed by atoms with van der Waals surface area (Å²) in [6, 6.07) is 73.7. The third-order valence-corrected chi connectivity index (χ3v) is 19.6. The zero-order valence-corrected chi connectivity index (χ0v) is 55.0. The fraction of sp³-hybridized carbons (Fsp3) is 0. The van der Waals surface area contributed by atoms with Crippen LogP contribution in [0.1, 0.15) is 85.9 Å². The smallest absolute Gasteiger partial charge is 0.344 e. The number of nitriles is 4. The first-order valence-electron chi connectivity index (χ1n) is 31.6. The van der Waals surface area contributed by atoms with Crippen molar-refractivity contribution in [1.29, 1.82) is 21.0 Å². The Hall–Kier alpha value is -15.9. The molecule has 19 heteroatoms. The van der Waals surface area contributed by atoms with Gasteiger partial charge in [0.05, 0.1) is 82.6 Å². The van der Waals surface area contributed by atoms with Gasteiger partial charge in [-0.15, -0.1) is 0 Å². The van der Waals surface area contributed by atoms with E-state index in [4.69, 9.17) is 45.2 Å². The van der Waals surface area contributed by atoms with E-state index in [2.05, 4.69) is 19.4 Å². The average Bonchev–Trinajstić information content (AvgIpc) is 1.61. The largest absolute Gasteiger partial charge is 0.423 e. The van der Waals surface area contributed by atoms with Crippen LogP contribution in [0.2, 0.25) is 0 Å². The highest BCUT2D eigenvalue weighted by atomic mass is 32.2. The molecule has 18 nitrogen and oxygen atoms in total. The summed E-state index contributed by atoms with van der Waals surface area (Å²) >= 11 is 0. The number of ether oxygens (including phenoxy) is 4. The maximum atomic E-state index is 13.6. The lowest BCUT2D eigenvalue weighted by atomic mass is 9.98. The lowest BCUT2D eigenvalue weighted by molar-refractivity contribution is 0.0719. The highest BCUT2D eigenvalue weighted by Gasteiger charge is 2.36. The fourth-order valence-corrected chi connectivity index (χ4v) is 14.7. The van der Waals surface area contributed by atoms with E-state index in [-0.39, 0.29) is 77.8 Å². The Morgan fingerprint density at radius 2 is 0.495 bits per heavy atom. The SMILES string of the molecule is [C-]#[N+]/C(C#N)=C1/c2ccccc2-c2c(C(=O)Oc3ccc(S(=O)(=O)c4ccc(OC(=O)c5cccc6c5-c5ccccc5/C6=C(/C#N)[N+]#[C-])cc4)cc3)cccc21.[C-]#[N+]/C(C#N)=C1/c2ccccc2-c2c(C(=O)Oc3cccc(OC(=O)c4cccc5c4-c4ccccc4/C5=C(/C#N)[N+]#[C-])c3)cccc21. The van der Waals surface area contributed by atoms with E-state index >= 15 is 0 Å². The van der Waals surface area contributed by atoms with Crippen LogP contribution < -0.4 is 18.9 Å². The molecule has 11 aromatic carbocycles. The molecule has 490 valence electrons. The summed E-state index contributed by atoms with van der Waals surface area (Å²) in [5.41, 5.74) is 12.4. The Morgan fingerprint density at radius 1 is 0.276 bits per heavy atom. The molecule has 15 rings (SSSR count). The number of hydrogen-bond donors (Lipinski definition) is 0. The number of rotatable bonds is 10. The molecule has 0 radical (unpaired) electrons. The van der Waals surface area contributed by atoms with Gasteiger partial charge in [0.1, 0.15) is 23.0 Å². The van der Waals surface area contributed by atoms with E-state index in [9.17, 15) is 48.6 Å². The highest BCUT2D eigenvalue weighted by Crippen LogP contribution is 2.52. The molecule has 4 aliphatic carbocycles. The van der Waals surface area contributed by atoms with Crippen molar-refractivity contribution in [3.63, 3.8) is 0 Å². The summed E-state index contributed by atoms with van der Waals surface area (Å²) in [5.74, 6) is -2.30. The number of nitrogens with zero attached hydrogens (tertiary/aromatic N) is 8. The van der Waals surface area contributed by atoms with E-state index in [0.29, 0.717) is 111 Å². The third kappa shape index (κ3) is 11.5. The quantitative estimate of drug-likeness (QED) is 0.0534. The summed E-state index contributed by atoms with van der Waals surface area (Å²) in [6.45, 7) is 30.1. The summed E-state index contributed by atoms with van der Waals surface area (Å²) in [7, 11) is -4.05. The predicted molar refractivity (Wildman–Crippen MR) is 385 cm³/mol. The molecule has 11 aromatic rings. The number of esters is 4. The van der Waals surface area contributed by atoms with Crippen LogP contribution in [0.5, 0.6) is 23.0 Å². The Labute approximate surface area is 599 Å². The number of sulfone groups is 1. The average molecular weight is 1380 g/mol. The maximum Gasteiger partial charge on any atom is 0.344 e. The second-order valence-corrected chi connectivity index (χ2v) is 25.3. The zero-order valence-electron chi connectivity index (χ0n) is 54.2. The molecule has 0 bridgehead atoms. The highest BCUT2D eigenvalue weighted by molar-refractivity contribution is 7.91. The molecule has 0 N–H and O–H groups in total. The van der Waals surface area contributed by atoms with Crippen LogP contribution in [-0.4, -0.2) is 32.3 Å². The molecule has 0 aliphatic heterocycles. The first kappa shape index (κ1) is 66.4. The number of allylic oxidation sites excluding steroid dienone is 4. The minimum absolute atomic E-state index is 0.0712. The molecule has 0 fully saturated rings. The summed E-state index contributed by atoms with van der Waals surface area (Å²) < 4.78 is 50.1. The fourth-order valence-electron chi connectivity index (χ4n) is 13.5. The zero-order chi connectivity index (χ0) is 73.2. The van der Waals surface area contributed by atoms with Crippen molar-refractivity contribution in [2.24, 2.45) is 0 Å². The van der Waals surface area contributed by atoms with Gasteiger partial charge < -0.3 is 18.9 Å². The van der Waals surface area contributed by atoms with Gasteiger partial charge in [-0.05, 0) is 152 Å².